The van der Waals surface area contributed by atoms with Gasteiger partial charge < -0.3 is 9.13 Å². The van der Waals surface area contributed by atoms with Gasteiger partial charge in [0.05, 0.1) is 22.1 Å². The Bertz CT molecular complexity index is 2970. The van der Waals surface area contributed by atoms with Crippen LogP contribution in [0.1, 0.15) is 0 Å². The molecule has 0 amide bonds. The van der Waals surface area contributed by atoms with Gasteiger partial charge in [0, 0.05) is 32.9 Å². The second-order valence-corrected chi connectivity index (χ2v) is 14.6. The highest BCUT2D eigenvalue weighted by Gasteiger charge is 2.15. The second-order valence-electron chi connectivity index (χ2n) is 14.6. The van der Waals surface area contributed by atoms with Gasteiger partial charge in [0.2, 0.25) is 0 Å². The largest absolute Gasteiger partial charge is 0.309 e. The van der Waals surface area contributed by atoms with E-state index in [9.17, 15) is 0 Å². The van der Waals surface area contributed by atoms with Gasteiger partial charge in [-0.25, -0.2) is 0 Å². The van der Waals surface area contributed by atoms with Crippen LogP contribution in [0.2, 0.25) is 0 Å². The Hall–Kier alpha value is -7.42. The van der Waals surface area contributed by atoms with Crippen LogP contribution in [0, 0.1) is 0 Å². The third kappa shape index (κ3) is 5.34. The van der Waals surface area contributed by atoms with E-state index in [1.165, 1.54) is 99.5 Å². The summed E-state index contributed by atoms with van der Waals surface area (Å²) >= 11 is 0. The smallest absolute Gasteiger partial charge is 0.0541 e. The average Bonchev–Trinajstić information content (AvgIpc) is 3.79. The van der Waals surface area contributed by atoms with Gasteiger partial charge in [-0.2, -0.15) is 0 Å². The van der Waals surface area contributed by atoms with Crippen LogP contribution in [0.15, 0.2) is 218 Å². The third-order valence-corrected chi connectivity index (χ3v) is 11.4. The third-order valence-electron chi connectivity index (χ3n) is 11.4. The molecule has 2 nitrogen and oxygen atoms in total. The zero-order valence-corrected chi connectivity index (χ0v) is 30.7. The van der Waals surface area contributed by atoms with E-state index in [0.29, 0.717) is 0 Å². The molecule has 0 aliphatic carbocycles. The maximum Gasteiger partial charge on any atom is 0.0541 e. The van der Waals surface area contributed by atoms with E-state index in [4.69, 9.17) is 0 Å². The molecule has 0 spiro atoms. The molecule has 0 unspecified atom stereocenters. The summed E-state index contributed by atoms with van der Waals surface area (Å²) in [4.78, 5) is 0. The number of hydrogen-bond donors (Lipinski definition) is 0. The van der Waals surface area contributed by atoms with Crippen molar-refractivity contribution in [2.45, 2.75) is 0 Å². The maximum atomic E-state index is 2.36. The average molecular weight is 713 g/mol. The lowest BCUT2D eigenvalue weighted by molar-refractivity contribution is 1.18. The van der Waals surface area contributed by atoms with Crippen molar-refractivity contribution in [3.8, 4) is 55.9 Å². The molecule has 9 aromatic carbocycles. The number of para-hydroxylation sites is 4. The quantitative estimate of drug-likeness (QED) is 0.162. The van der Waals surface area contributed by atoms with Crippen molar-refractivity contribution in [2.24, 2.45) is 0 Å². The van der Waals surface area contributed by atoms with Gasteiger partial charge in [0.1, 0.15) is 0 Å². The number of hydrogen-bond acceptors (Lipinski definition) is 0. The number of benzene rings is 9. The minimum atomic E-state index is 1.18. The summed E-state index contributed by atoms with van der Waals surface area (Å²) in [5, 5.41) is 5.07. The van der Waals surface area contributed by atoms with Gasteiger partial charge in [-0.15, -0.1) is 0 Å². The van der Waals surface area contributed by atoms with Crippen LogP contribution < -0.4 is 0 Å². The lowest BCUT2D eigenvalue weighted by atomic mass is 9.96. The van der Waals surface area contributed by atoms with Crippen LogP contribution in [0.25, 0.3) is 99.5 Å². The fraction of sp³-hybridized carbons (Fsp3) is 0. The molecule has 2 heterocycles. The van der Waals surface area contributed by atoms with Crippen LogP contribution in [-0.4, -0.2) is 9.13 Å². The van der Waals surface area contributed by atoms with E-state index in [1.807, 2.05) is 0 Å². The molecule has 0 fully saturated rings. The standard InChI is InChI=1S/C54H36N2/c1-3-11-45(12-4-1)55-51-17-9-7-15-47(51)49-35-43(31-33-53(49)55)41-27-23-39(24-28-41)37-19-21-38(22-20-37)40-25-29-42(30-26-40)44-32-34-54-50(36-44)48-16-8-10-18-52(48)56(54)46-13-5-2-6-14-46/h1-36H. The van der Waals surface area contributed by atoms with Crippen LogP contribution >= 0.6 is 0 Å². The molecule has 0 radical (unpaired) electrons. The number of rotatable bonds is 6. The molecule has 2 aromatic heterocycles. The summed E-state index contributed by atoms with van der Waals surface area (Å²) in [6, 6.07) is 79.3. The predicted molar refractivity (Wildman–Crippen MR) is 237 cm³/mol. The van der Waals surface area contributed by atoms with Gasteiger partial charge in [-0.1, -0.05) is 158 Å². The van der Waals surface area contributed by atoms with Crippen molar-refractivity contribution < 1.29 is 0 Å². The van der Waals surface area contributed by atoms with Crippen LogP contribution in [0.5, 0.6) is 0 Å². The molecular formula is C54H36N2. The van der Waals surface area contributed by atoms with Crippen molar-refractivity contribution in [1.29, 1.82) is 0 Å². The fourth-order valence-electron chi connectivity index (χ4n) is 8.58. The normalized spacial score (nSPS) is 11.6. The van der Waals surface area contributed by atoms with Gasteiger partial charge in [-0.05, 0) is 105 Å². The van der Waals surface area contributed by atoms with Crippen molar-refractivity contribution in [1.82, 2.24) is 9.13 Å². The first-order valence-corrected chi connectivity index (χ1v) is 19.3. The molecule has 11 rings (SSSR count). The van der Waals surface area contributed by atoms with Crippen LogP contribution in [0.4, 0.5) is 0 Å². The van der Waals surface area contributed by atoms with E-state index in [1.54, 1.807) is 0 Å². The first kappa shape index (κ1) is 32.0. The monoisotopic (exact) mass is 712 g/mol. The fourth-order valence-corrected chi connectivity index (χ4v) is 8.58. The minimum absolute atomic E-state index is 1.18. The highest BCUT2D eigenvalue weighted by atomic mass is 15.0. The Morgan fingerprint density at radius 2 is 0.464 bits per heavy atom. The summed E-state index contributed by atoms with van der Waals surface area (Å²) in [7, 11) is 0. The van der Waals surface area contributed by atoms with E-state index in [2.05, 4.69) is 228 Å². The SMILES string of the molecule is c1ccc(-n2c3ccccc3c3cc(-c4ccc(-c5ccc(-c6ccc(-c7ccc8c(c7)c7ccccc7n8-c7ccccc7)cc6)cc5)cc4)ccc32)cc1. The van der Waals surface area contributed by atoms with E-state index >= 15 is 0 Å². The molecule has 11 aromatic rings. The Kier molecular flexibility index (Phi) is 7.53. The number of aromatic nitrogens is 2. The van der Waals surface area contributed by atoms with Crippen molar-refractivity contribution in [2.75, 3.05) is 0 Å². The van der Waals surface area contributed by atoms with Gasteiger partial charge in [0.25, 0.3) is 0 Å². The molecule has 0 aliphatic heterocycles. The highest BCUT2D eigenvalue weighted by Crippen LogP contribution is 2.37. The van der Waals surface area contributed by atoms with Crippen molar-refractivity contribution >= 4 is 43.6 Å². The summed E-state index contributed by atoms with van der Waals surface area (Å²) < 4.78 is 4.73. The summed E-state index contributed by atoms with van der Waals surface area (Å²) in [5.74, 6) is 0. The Morgan fingerprint density at radius 3 is 0.821 bits per heavy atom. The first-order chi connectivity index (χ1) is 27.8. The predicted octanol–water partition coefficient (Wildman–Crippen LogP) is 14.5. The molecule has 0 bridgehead atoms. The molecule has 0 N–H and O–H groups in total. The summed E-state index contributed by atoms with van der Waals surface area (Å²) in [6.45, 7) is 0. The zero-order valence-electron chi connectivity index (χ0n) is 30.7. The topological polar surface area (TPSA) is 9.86 Å². The second kappa shape index (κ2) is 13.2. The minimum Gasteiger partial charge on any atom is -0.309 e. The molecule has 0 saturated carbocycles. The molecule has 0 aliphatic rings. The number of fused-ring (bicyclic) bond motifs is 6. The molecule has 0 atom stereocenters. The van der Waals surface area contributed by atoms with Crippen molar-refractivity contribution in [3.63, 3.8) is 0 Å². The Balaban J connectivity index is 0.849. The first-order valence-electron chi connectivity index (χ1n) is 19.3. The zero-order chi connectivity index (χ0) is 37.0. The van der Waals surface area contributed by atoms with E-state index < -0.39 is 0 Å². The van der Waals surface area contributed by atoms with Gasteiger partial charge in [-0.3, -0.25) is 0 Å². The highest BCUT2D eigenvalue weighted by molar-refractivity contribution is 6.11. The summed E-state index contributed by atoms with van der Waals surface area (Å²) in [6.07, 6.45) is 0. The number of nitrogens with zero attached hydrogens (tertiary/aromatic N) is 2. The van der Waals surface area contributed by atoms with E-state index in [-0.39, 0.29) is 0 Å². The van der Waals surface area contributed by atoms with Crippen LogP contribution in [0.3, 0.4) is 0 Å². The summed E-state index contributed by atoms with van der Waals surface area (Å²) in [5.41, 5.74) is 16.9. The van der Waals surface area contributed by atoms with E-state index in [0.717, 1.165) is 0 Å². The van der Waals surface area contributed by atoms with Crippen LogP contribution in [-0.2, 0) is 0 Å². The maximum absolute atomic E-state index is 2.36. The Labute approximate surface area is 325 Å². The molecular weight excluding hydrogens is 677 g/mol. The van der Waals surface area contributed by atoms with Gasteiger partial charge >= 0.3 is 0 Å². The molecule has 2 heteroatoms. The molecule has 56 heavy (non-hydrogen) atoms. The van der Waals surface area contributed by atoms with Gasteiger partial charge in [0.15, 0.2) is 0 Å². The van der Waals surface area contributed by atoms with Crippen molar-refractivity contribution in [3.05, 3.63) is 218 Å². The lowest BCUT2D eigenvalue weighted by Crippen LogP contribution is -1.92. The molecule has 262 valence electrons. The lowest BCUT2D eigenvalue weighted by Gasteiger charge is -2.09. The molecule has 0 saturated heterocycles. The Morgan fingerprint density at radius 1 is 0.196 bits per heavy atom.